The molecule has 0 aliphatic carbocycles. The number of hydrogen-bond donors (Lipinski definition) is 1. The minimum absolute atomic E-state index is 0.184. The Bertz CT molecular complexity index is 485. The molecule has 1 unspecified atom stereocenters. The minimum Gasteiger partial charge on any atom is -0.328 e. The molecule has 0 radical (unpaired) electrons. The van der Waals surface area contributed by atoms with Gasteiger partial charge in [-0.15, -0.1) is 10.2 Å². The lowest BCUT2D eigenvalue weighted by molar-refractivity contribution is 0.737. The Morgan fingerprint density at radius 1 is 1.53 bits per heavy atom. The maximum absolute atomic E-state index is 5.79. The lowest BCUT2D eigenvalue weighted by Crippen LogP contribution is -2.17. The number of aromatic nitrogens is 2. The van der Waals surface area contributed by atoms with Crippen molar-refractivity contribution in [3.63, 3.8) is 0 Å². The Hall–Kier alpha value is -0.430. The van der Waals surface area contributed by atoms with Gasteiger partial charge in [-0.2, -0.15) is 0 Å². The number of hydrogen-bond acceptors (Lipinski definition) is 5. The molecule has 6 heteroatoms. The van der Waals surface area contributed by atoms with Crippen LogP contribution in [0.4, 0.5) is 0 Å². The summed E-state index contributed by atoms with van der Waals surface area (Å²) in [7, 11) is 0. The highest BCUT2D eigenvalue weighted by atomic mass is 79.9. The second-order valence-electron chi connectivity index (χ2n) is 3.75. The van der Waals surface area contributed by atoms with Gasteiger partial charge in [0.25, 0.3) is 0 Å². The summed E-state index contributed by atoms with van der Waals surface area (Å²) in [4.78, 5) is 1.15. The Morgan fingerprint density at radius 3 is 2.94 bits per heavy atom. The van der Waals surface area contributed by atoms with E-state index in [2.05, 4.69) is 44.3 Å². The molecule has 2 N–H and O–H groups in total. The number of nitrogens with two attached hydrogens (primary N) is 1. The fourth-order valence-electron chi connectivity index (χ4n) is 1.43. The first-order chi connectivity index (χ1) is 8.15. The van der Waals surface area contributed by atoms with E-state index in [4.69, 9.17) is 5.73 Å². The van der Waals surface area contributed by atoms with Crippen molar-refractivity contribution in [2.45, 2.75) is 28.6 Å². The Labute approximate surface area is 117 Å². The summed E-state index contributed by atoms with van der Waals surface area (Å²) in [5, 5.41) is 7.83. The zero-order chi connectivity index (χ0) is 12.3. The lowest BCUT2D eigenvalue weighted by atomic mass is 10.1. The highest BCUT2D eigenvalue weighted by Crippen LogP contribution is 2.34. The molecule has 1 atom stereocenters. The van der Waals surface area contributed by atoms with Crippen molar-refractivity contribution < 1.29 is 0 Å². The van der Waals surface area contributed by atoms with E-state index in [9.17, 15) is 0 Å². The average molecular weight is 330 g/mol. The van der Waals surface area contributed by atoms with Gasteiger partial charge in [0.1, 0.15) is 5.51 Å². The van der Waals surface area contributed by atoms with Crippen molar-refractivity contribution >= 4 is 39.0 Å². The fraction of sp³-hybridized carbons (Fsp3) is 0.273. The number of nitrogens with zero attached hydrogens (tertiary/aromatic N) is 2. The van der Waals surface area contributed by atoms with Crippen LogP contribution in [0.2, 0.25) is 0 Å². The van der Waals surface area contributed by atoms with Gasteiger partial charge in [-0.3, -0.25) is 0 Å². The Balaban J connectivity index is 2.14. The van der Waals surface area contributed by atoms with Crippen LogP contribution >= 0.6 is 39.0 Å². The van der Waals surface area contributed by atoms with Crippen molar-refractivity contribution in [1.29, 1.82) is 0 Å². The molecule has 2 aromatic rings. The van der Waals surface area contributed by atoms with Crippen LogP contribution in [-0.4, -0.2) is 16.2 Å². The molecule has 1 aromatic carbocycles. The molecule has 1 aromatic heterocycles. The third-order valence-electron chi connectivity index (χ3n) is 2.09. The lowest BCUT2D eigenvalue weighted by Gasteiger charge is -2.07. The smallest absolute Gasteiger partial charge is 0.178 e. The van der Waals surface area contributed by atoms with Crippen LogP contribution in [0.5, 0.6) is 0 Å². The van der Waals surface area contributed by atoms with Gasteiger partial charge >= 0.3 is 0 Å². The summed E-state index contributed by atoms with van der Waals surface area (Å²) in [6, 6.07) is 6.50. The molecule has 1 heterocycles. The standard InChI is InChI=1S/C11H12BrN3S2/c1-7(13)4-8-2-3-10(9(12)5-8)17-11-15-14-6-16-11/h2-3,5-7H,4,13H2,1H3. The van der Waals surface area contributed by atoms with E-state index < -0.39 is 0 Å². The third-order valence-corrected chi connectivity index (χ3v) is 4.86. The molecule has 0 aliphatic rings. The van der Waals surface area contributed by atoms with Gasteiger partial charge in [-0.05, 0) is 47.0 Å². The first-order valence-corrected chi connectivity index (χ1v) is 7.62. The summed E-state index contributed by atoms with van der Waals surface area (Å²) >= 11 is 6.73. The Kier molecular flexibility index (Phi) is 4.55. The SMILES string of the molecule is CC(N)Cc1ccc(Sc2nncs2)c(Br)c1. The molecular weight excluding hydrogens is 318 g/mol. The van der Waals surface area contributed by atoms with E-state index in [1.54, 1.807) is 28.6 Å². The molecule has 3 nitrogen and oxygen atoms in total. The molecule has 2 rings (SSSR count). The topological polar surface area (TPSA) is 51.8 Å². The molecule has 0 fully saturated rings. The maximum atomic E-state index is 5.79. The van der Waals surface area contributed by atoms with Crippen molar-refractivity contribution in [3.8, 4) is 0 Å². The van der Waals surface area contributed by atoms with Crippen molar-refractivity contribution in [2.24, 2.45) is 5.73 Å². The third kappa shape index (κ3) is 3.77. The quantitative estimate of drug-likeness (QED) is 0.934. The minimum atomic E-state index is 0.184. The van der Waals surface area contributed by atoms with Crippen LogP contribution in [0.3, 0.4) is 0 Å². The second kappa shape index (κ2) is 5.95. The molecule has 0 spiro atoms. The first-order valence-electron chi connectivity index (χ1n) is 5.13. The van der Waals surface area contributed by atoms with Crippen LogP contribution in [0.15, 0.2) is 37.4 Å². The molecule has 0 aliphatic heterocycles. The van der Waals surface area contributed by atoms with Crippen LogP contribution in [0.25, 0.3) is 0 Å². The van der Waals surface area contributed by atoms with Crippen LogP contribution in [0, 0.1) is 0 Å². The van der Waals surface area contributed by atoms with Crippen LogP contribution in [-0.2, 0) is 6.42 Å². The highest BCUT2D eigenvalue weighted by Gasteiger charge is 2.07. The molecule has 90 valence electrons. The maximum Gasteiger partial charge on any atom is 0.178 e. The van der Waals surface area contributed by atoms with E-state index in [0.29, 0.717) is 0 Å². The highest BCUT2D eigenvalue weighted by molar-refractivity contribution is 9.10. The monoisotopic (exact) mass is 329 g/mol. The van der Waals surface area contributed by atoms with Gasteiger partial charge in [-0.1, -0.05) is 29.2 Å². The predicted octanol–water partition coefficient (Wildman–Crippen LogP) is 3.34. The van der Waals surface area contributed by atoms with Gasteiger partial charge in [-0.25, -0.2) is 0 Å². The van der Waals surface area contributed by atoms with Gasteiger partial charge in [0, 0.05) is 15.4 Å². The number of benzene rings is 1. The average Bonchev–Trinajstić information content (AvgIpc) is 2.74. The zero-order valence-corrected chi connectivity index (χ0v) is 12.5. The van der Waals surface area contributed by atoms with E-state index in [0.717, 1.165) is 20.1 Å². The van der Waals surface area contributed by atoms with Crippen LogP contribution in [0.1, 0.15) is 12.5 Å². The van der Waals surface area contributed by atoms with E-state index in [-0.39, 0.29) is 6.04 Å². The normalized spacial score (nSPS) is 12.6. The number of rotatable bonds is 4. The summed E-state index contributed by atoms with van der Waals surface area (Å²) in [5.41, 5.74) is 8.77. The van der Waals surface area contributed by atoms with Gasteiger partial charge in [0.2, 0.25) is 0 Å². The Morgan fingerprint density at radius 2 is 2.35 bits per heavy atom. The van der Waals surface area contributed by atoms with E-state index in [1.807, 2.05) is 6.92 Å². The van der Waals surface area contributed by atoms with E-state index >= 15 is 0 Å². The van der Waals surface area contributed by atoms with Crippen molar-refractivity contribution in [3.05, 3.63) is 33.7 Å². The van der Waals surface area contributed by atoms with Crippen molar-refractivity contribution in [1.82, 2.24) is 10.2 Å². The summed E-state index contributed by atoms with van der Waals surface area (Å²) in [6.45, 7) is 2.01. The largest absolute Gasteiger partial charge is 0.328 e. The van der Waals surface area contributed by atoms with Crippen LogP contribution < -0.4 is 5.73 Å². The summed E-state index contributed by atoms with van der Waals surface area (Å²) < 4.78 is 2.03. The summed E-state index contributed by atoms with van der Waals surface area (Å²) in [6.07, 6.45) is 0.891. The molecular formula is C11H12BrN3S2. The van der Waals surface area contributed by atoms with Gasteiger partial charge in [0.15, 0.2) is 4.34 Å². The second-order valence-corrected chi connectivity index (χ2v) is 6.73. The molecule has 0 saturated carbocycles. The molecule has 0 saturated heterocycles. The van der Waals surface area contributed by atoms with E-state index in [1.165, 1.54) is 5.56 Å². The van der Waals surface area contributed by atoms with Gasteiger partial charge < -0.3 is 5.73 Å². The fourth-order valence-corrected chi connectivity index (χ4v) is 3.53. The zero-order valence-electron chi connectivity index (χ0n) is 9.26. The summed E-state index contributed by atoms with van der Waals surface area (Å²) in [5.74, 6) is 0. The van der Waals surface area contributed by atoms with Gasteiger partial charge in [0.05, 0.1) is 0 Å². The first kappa shape index (κ1) is 13.0. The molecule has 0 amide bonds. The molecule has 0 bridgehead atoms. The molecule has 17 heavy (non-hydrogen) atoms. The predicted molar refractivity (Wildman–Crippen MR) is 75.5 cm³/mol. The van der Waals surface area contributed by atoms with Crippen molar-refractivity contribution in [2.75, 3.05) is 0 Å². The number of halogens is 1.